The van der Waals surface area contributed by atoms with Crippen LogP contribution in [-0.4, -0.2) is 12.1 Å². The van der Waals surface area contributed by atoms with Crippen molar-refractivity contribution >= 4 is 11.5 Å². The molecule has 3 saturated carbocycles. The standard InChI is InChI=1S/C38H48O2/c1-26(15-17-32(28-11-7-5-8-12-28)29-13-9-6-10-14-29)34-19-20-35-33-18-16-30-25-31(40-27(2)39)21-23-37(30,3)36(33)22-24-38(34,35)4/h5-14,16-17,26,31,33-36H,15,18-25H2,1-4H3/t26-,31-,33-,34+,35+,36-,37-,38+/m0/s1. The van der Waals surface area contributed by atoms with Crippen molar-refractivity contribution in [3.8, 4) is 0 Å². The molecule has 3 fully saturated rings. The van der Waals surface area contributed by atoms with E-state index in [0.717, 1.165) is 42.9 Å². The van der Waals surface area contributed by atoms with Crippen molar-refractivity contribution in [1.29, 1.82) is 0 Å². The van der Waals surface area contributed by atoms with Gasteiger partial charge < -0.3 is 4.74 Å². The molecule has 2 nitrogen and oxygen atoms in total. The van der Waals surface area contributed by atoms with Gasteiger partial charge in [-0.05, 0) is 108 Å². The number of fused-ring (bicyclic) bond motifs is 5. The Hall–Kier alpha value is -2.61. The summed E-state index contributed by atoms with van der Waals surface area (Å²) in [5, 5.41) is 0. The third-order valence-corrected chi connectivity index (χ3v) is 12.0. The maximum Gasteiger partial charge on any atom is 0.302 e. The number of carbonyl (C=O) groups excluding carboxylic acids is 1. The molecule has 2 aromatic carbocycles. The van der Waals surface area contributed by atoms with E-state index >= 15 is 0 Å². The summed E-state index contributed by atoms with van der Waals surface area (Å²) in [7, 11) is 0. The summed E-state index contributed by atoms with van der Waals surface area (Å²) >= 11 is 0. The molecule has 0 N–H and O–H groups in total. The van der Waals surface area contributed by atoms with Crippen molar-refractivity contribution in [1.82, 2.24) is 0 Å². The van der Waals surface area contributed by atoms with Gasteiger partial charge in [0.15, 0.2) is 0 Å². The summed E-state index contributed by atoms with van der Waals surface area (Å²) in [6.45, 7) is 9.31. The van der Waals surface area contributed by atoms with Crippen molar-refractivity contribution < 1.29 is 9.53 Å². The molecule has 2 aromatic rings. The molecular weight excluding hydrogens is 488 g/mol. The highest BCUT2D eigenvalue weighted by Crippen LogP contribution is 2.67. The molecule has 212 valence electrons. The van der Waals surface area contributed by atoms with Crippen LogP contribution in [0.2, 0.25) is 0 Å². The van der Waals surface area contributed by atoms with Gasteiger partial charge in [-0.1, -0.05) is 99.2 Å². The van der Waals surface area contributed by atoms with Gasteiger partial charge in [0.2, 0.25) is 0 Å². The number of rotatable bonds is 6. The first-order valence-electron chi connectivity index (χ1n) is 16.0. The van der Waals surface area contributed by atoms with Crippen LogP contribution in [0.25, 0.3) is 5.57 Å². The van der Waals surface area contributed by atoms with Crippen LogP contribution in [0.3, 0.4) is 0 Å². The maximum absolute atomic E-state index is 11.6. The molecule has 0 spiro atoms. The van der Waals surface area contributed by atoms with Gasteiger partial charge in [0.1, 0.15) is 6.10 Å². The molecule has 4 aliphatic carbocycles. The van der Waals surface area contributed by atoms with E-state index in [1.54, 1.807) is 12.5 Å². The predicted octanol–water partition coefficient (Wildman–Crippen LogP) is 9.66. The van der Waals surface area contributed by atoms with Gasteiger partial charge in [-0.2, -0.15) is 0 Å². The Kier molecular flexibility index (Phi) is 7.57. The number of hydrogen-bond acceptors (Lipinski definition) is 2. The average molecular weight is 537 g/mol. The highest BCUT2D eigenvalue weighted by Gasteiger charge is 2.59. The molecular formula is C38H48O2. The van der Waals surface area contributed by atoms with E-state index in [1.165, 1.54) is 55.2 Å². The summed E-state index contributed by atoms with van der Waals surface area (Å²) in [5.41, 5.74) is 6.35. The van der Waals surface area contributed by atoms with E-state index in [-0.39, 0.29) is 12.1 Å². The fraction of sp³-hybridized carbons (Fsp3) is 0.553. The van der Waals surface area contributed by atoms with Crippen molar-refractivity contribution in [3.63, 3.8) is 0 Å². The minimum Gasteiger partial charge on any atom is -0.462 e. The Morgan fingerprint density at radius 2 is 1.60 bits per heavy atom. The van der Waals surface area contributed by atoms with Gasteiger partial charge in [-0.25, -0.2) is 0 Å². The zero-order chi connectivity index (χ0) is 27.9. The topological polar surface area (TPSA) is 26.3 Å². The molecule has 0 aromatic heterocycles. The first-order chi connectivity index (χ1) is 19.3. The third-order valence-electron chi connectivity index (χ3n) is 12.0. The highest BCUT2D eigenvalue weighted by molar-refractivity contribution is 5.79. The fourth-order valence-corrected chi connectivity index (χ4v) is 10.0. The Balaban J connectivity index is 1.20. The minimum absolute atomic E-state index is 0.0867. The Morgan fingerprint density at radius 3 is 2.25 bits per heavy atom. The van der Waals surface area contributed by atoms with E-state index in [1.807, 2.05) is 0 Å². The smallest absolute Gasteiger partial charge is 0.302 e. The quantitative estimate of drug-likeness (QED) is 0.271. The average Bonchev–Trinajstić information content (AvgIpc) is 3.31. The van der Waals surface area contributed by atoms with Gasteiger partial charge in [-0.15, -0.1) is 0 Å². The highest BCUT2D eigenvalue weighted by atomic mass is 16.5. The van der Waals surface area contributed by atoms with Crippen LogP contribution in [0, 0.1) is 40.4 Å². The second kappa shape index (κ2) is 11.0. The van der Waals surface area contributed by atoms with E-state index in [2.05, 4.69) is 93.6 Å². The molecule has 0 amide bonds. The fourth-order valence-electron chi connectivity index (χ4n) is 10.0. The van der Waals surface area contributed by atoms with Crippen molar-refractivity contribution in [2.24, 2.45) is 40.4 Å². The molecule has 6 rings (SSSR count). The van der Waals surface area contributed by atoms with Gasteiger partial charge in [0.25, 0.3) is 0 Å². The summed E-state index contributed by atoms with van der Waals surface area (Å²) in [5.74, 6) is 3.79. The molecule has 0 radical (unpaired) electrons. The summed E-state index contributed by atoms with van der Waals surface area (Å²) in [4.78, 5) is 11.6. The van der Waals surface area contributed by atoms with Gasteiger partial charge in [0, 0.05) is 13.3 Å². The minimum atomic E-state index is -0.128. The lowest BCUT2D eigenvalue weighted by Gasteiger charge is -2.58. The zero-order valence-corrected chi connectivity index (χ0v) is 25.1. The molecule has 0 saturated heterocycles. The largest absolute Gasteiger partial charge is 0.462 e. The molecule has 0 bridgehead atoms. The van der Waals surface area contributed by atoms with Gasteiger partial charge >= 0.3 is 5.97 Å². The van der Waals surface area contributed by atoms with Crippen LogP contribution >= 0.6 is 0 Å². The lowest BCUT2D eigenvalue weighted by atomic mass is 9.47. The van der Waals surface area contributed by atoms with Crippen molar-refractivity contribution in [2.45, 2.75) is 91.6 Å². The van der Waals surface area contributed by atoms with E-state index in [4.69, 9.17) is 4.74 Å². The molecule has 0 unspecified atom stereocenters. The van der Waals surface area contributed by atoms with Crippen LogP contribution in [0.4, 0.5) is 0 Å². The Morgan fingerprint density at radius 1 is 0.925 bits per heavy atom. The summed E-state index contributed by atoms with van der Waals surface area (Å²) < 4.78 is 5.66. The van der Waals surface area contributed by atoms with Crippen LogP contribution in [0.5, 0.6) is 0 Å². The number of hydrogen-bond donors (Lipinski definition) is 0. The molecule has 8 atom stereocenters. The Bertz CT molecular complexity index is 1220. The molecule has 0 heterocycles. The van der Waals surface area contributed by atoms with Gasteiger partial charge in [0.05, 0.1) is 0 Å². The van der Waals surface area contributed by atoms with Crippen LogP contribution in [0.15, 0.2) is 78.4 Å². The predicted molar refractivity (Wildman–Crippen MR) is 164 cm³/mol. The number of allylic oxidation sites excluding steroid dienone is 2. The van der Waals surface area contributed by atoms with Gasteiger partial charge in [-0.3, -0.25) is 4.79 Å². The molecule has 2 heteroatoms. The number of ether oxygens (including phenoxy) is 1. The van der Waals surface area contributed by atoms with Crippen molar-refractivity contribution in [2.75, 3.05) is 0 Å². The first kappa shape index (κ1) is 27.6. The molecule has 40 heavy (non-hydrogen) atoms. The number of carbonyl (C=O) groups is 1. The van der Waals surface area contributed by atoms with E-state index in [0.29, 0.717) is 16.7 Å². The number of benzene rings is 2. The van der Waals surface area contributed by atoms with Crippen LogP contribution in [-0.2, 0) is 9.53 Å². The van der Waals surface area contributed by atoms with Crippen molar-refractivity contribution in [3.05, 3.63) is 89.5 Å². The first-order valence-corrected chi connectivity index (χ1v) is 16.0. The lowest BCUT2D eigenvalue weighted by Crippen LogP contribution is -2.51. The monoisotopic (exact) mass is 536 g/mol. The van der Waals surface area contributed by atoms with E-state index < -0.39 is 0 Å². The molecule has 0 aliphatic heterocycles. The molecule has 4 aliphatic rings. The Labute approximate surface area is 242 Å². The lowest BCUT2D eigenvalue weighted by molar-refractivity contribution is -0.148. The maximum atomic E-state index is 11.6. The normalized spacial score (nSPS) is 35.4. The van der Waals surface area contributed by atoms with Crippen LogP contribution < -0.4 is 0 Å². The summed E-state index contributed by atoms with van der Waals surface area (Å²) in [6, 6.07) is 21.9. The number of esters is 1. The zero-order valence-electron chi connectivity index (χ0n) is 25.1. The SMILES string of the molecule is CC(=O)O[C@H]1CC[C@@]2(C)C(=CC[C@H]3[C@H]4CC[C@H]([C@@H](C)CC=C(c5ccccc5)c5ccccc5)[C@@]4(C)CC[C@@H]32)C1. The van der Waals surface area contributed by atoms with E-state index in [9.17, 15) is 4.79 Å². The second-order valence-corrected chi connectivity index (χ2v) is 14.0. The second-order valence-electron chi connectivity index (χ2n) is 14.0. The summed E-state index contributed by atoms with van der Waals surface area (Å²) in [6.07, 6.45) is 16.3. The third kappa shape index (κ3) is 4.90. The van der Waals surface area contributed by atoms with Crippen LogP contribution in [0.1, 0.15) is 96.6 Å².